The first kappa shape index (κ1) is 15.4. The van der Waals surface area contributed by atoms with E-state index in [1.54, 1.807) is 0 Å². The first-order valence-electron chi connectivity index (χ1n) is 8.03. The van der Waals surface area contributed by atoms with Crippen LogP contribution in [0.15, 0.2) is 17.5 Å². The molecule has 118 valence electrons. The van der Waals surface area contributed by atoms with Gasteiger partial charge in [0.1, 0.15) is 0 Å². The van der Waals surface area contributed by atoms with Crippen molar-refractivity contribution in [3.05, 3.63) is 22.4 Å². The molecule has 1 aromatic rings. The molecule has 0 radical (unpaired) electrons. The zero-order valence-corrected chi connectivity index (χ0v) is 13.6. The fourth-order valence-electron chi connectivity index (χ4n) is 3.20. The topological polar surface area (TPSA) is 33.7 Å². The summed E-state index contributed by atoms with van der Waals surface area (Å²) in [6, 6.07) is 5.51. The van der Waals surface area contributed by atoms with Crippen molar-refractivity contribution in [3.63, 3.8) is 0 Å². The van der Waals surface area contributed by atoms with Crippen LogP contribution >= 0.6 is 11.3 Å². The summed E-state index contributed by atoms with van der Waals surface area (Å²) < 4.78 is 11.1. The molecule has 0 spiro atoms. The van der Waals surface area contributed by atoms with Crippen molar-refractivity contribution < 1.29 is 9.47 Å². The van der Waals surface area contributed by atoms with Gasteiger partial charge in [0.2, 0.25) is 0 Å². The van der Waals surface area contributed by atoms with E-state index in [0.717, 1.165) is 52.3 Å². The van der Waals surface area contributed by atoms with E-state index in [2.05, 4.69) is 34.7 Å². The summed E-state index contributed by atoms with van der Waals surface area (Å²) in [5.41, 5.74) is 0. The highest BCUT2D eigenvalue weighted by atomic mass is 32.1. The second-order valence-corrected chi connectivity index (χ2v) is 6.98. The molecule has 2 aliphatic rings. The highest BCUT2D eigenvalue weighted by molar-refractivity contribution is 7.10. The molecule has 1 aromatic heterocycles. The van der Waals surface area contributed by atoms with Crippen LogP contribution in [0.4, 0.5) is 0 Å². The molecule has 2 aliphatic heterocycles. The molecule has 2 atom stereocenters. The molecule has 3 rings (SSSR count). The van der Waals surface area contributed by atoms with E-state index in [4.69, 9.17) is 9.47 Å². The standard InChI is InChI=1S/C16H26N2O2S/c1-13-12-18(6-9-20-13)15(16-3-2-10-21-16)11-17-14-4-7-19-8-5-14/h2-3,10,13-15,17H,4-9,11-12H2,1H3/t13-,15+/m0/s1. The third-order valence-electron chi connectivity index (χ3n) is 4.41. The van der Waals surface area contributed by atoms with Crippen LogP contribution in [0.2, 0.25) is 0 Å². The maximum absolute atomic E-state index is 5.69. The second kappa shape index (κ2) is 7.70. The maximum Gasteiger partial charge on any atom is 0.0674 e. The van der Waals surface area contributed by atoms with Crippen molar-refractivity contribution in [2.45, 2.75) is 38.0 Å². The molecule has 0 unspecified atom stereocenters. The maximum atomic E-state index is 5.69. The molecule has 4 nitrogen and oxygen atoms in total. The van der Waals surface area contributed by atoms with Crippen LogP contribution in [0.3, 0.4) is 0 Å². The average Bonchev–Trinajstić information content (AvgIpc) is 3.03. The van der Waals surface area contributed by atoms with E-state index in [-0.39, 0.29) is 0 Å². The van der Waals surface area contributed by atoms with Crippen molar-refractivity contribution in [2.24, 2.45) is 0 Å². The Bertz CT molecular complexity index is 406. The number of hydrogen-bond acceptors (Lipinski definition) is 5. The Kier molecular flexibility index (Phi) is 5.66. The number of nitrogens with one attached hydrogen (secondary N) is 1. The smallest absolute Gasteiger partial charge is 0.0674 e. The van der Waals surface area contributed by atoms with Gasteiger partial charge in [0, 0.05) is 43.8 Å². The normalized spacial score (nSPS) is 26.8. The molecular formula is C16H26N2O2S. The fourth-order valence-corrected chi connectivity index (χ4v) is 4.06. The molecule has 2 fully saturated rings. The first-order chi connectivity index (χ1) is 10.3. The van der Waals surface area contributed by atoms with Gasteiger partial charge in [-0.15, -0.1) is 11.3 Å². The number of hydrogen-bond donors (Lipinski definition) is 1. The average molecular weight is 310 g/mol. The van der Waals surface area contributed by atoms with Crippen LogP contribution in [-0.4, -0.2) is 56.5 Å². The van der Waals surface area contributed by atoms with Crippen molar-refractivity contribution in [3.8, 4) is 0 Å². The van der Waals surface area contributed by atoms with Crippen LogP contribution < -0.4 is 5.32 Å². The number of nitrogens with zero attached hydrogens (tertiary/aromatic N) is 1. The van der Waals surface area contributed by atoms with Crippen LogP contribution in [0.1, 0.15) is 30.7 Å². The number of morpholine rings is 1. The quantitative estimate of drug-likeness (QED) is 0.905. The predicted octanol–water partition coefficient (Wildman–Crippen LogP) is 2.28. The van der Waals surface area contributed by atoms with Gasteiger partial charge in [-0.3, -0.25) is 4.90 Å². The zero-order valence-electron chi connectivity index (χ0n) is 12.8. The molecule has 0 aliphatic carbocycles. The lowest BCUT2D eigenvalue weighted by Gasteiger charge is -2.38. The van der Waals surface area contributed by atoms with Gasteiger partial charge in [0.15, 0.2) is 0 Å². The summed E-state index contributed by atoms with van der Waals surface area (Å²) >= 11 is 1.87. The van der Waals surface area contributed by atoms with E-state index < -0.39 is 0 Å². The summed E-state index contributed by atoms with van der Waals surface area (Å²) in [5, 5.41) is 5.95. The summed E-state index contributed by atoms with van der Waals surface area (Å²) in [6.07, 6.45) is 2.61. The summed E-state index contributed by atoms with van der Waals surface area (Å²) in [7, 11) is 0. The molecule has 0 amide bonds. The third-order valence-corrected chi connectivity index (χ3v) is 5.38. The van der Waals surface area contributed by atoms with E-state index in [0.29, 0.717) is 18.2 Å². The Morgan fingerprint density at radius 3 is 2.95 bits per heavy atom. The van der Waals surface area contributed by atoms with Gasteiger partial charge in [0.05, 0.1) is 18.8 Å². The Morgan fingerprint density at radius 2 is 2.24 bits per heavy atom. The number of thiophene rings is 1. The minimum absolute atomic E-state index is 0.337. The Balaban J connectivity index is 1.61. The van der Waals surface area contributed by atoms with Crippen molar-refractivity contribution in [2.75, 3.05) is 39.5 Å². The van der Waals surface area contributed by atoms with E-state index >= 15 is 0 Å². The van der Waals surface area contributed by atoms with Gasteiger partial charge in [-0.25, -0.2) is 0 Å². The molecule has 0 bridgehead atoms. The monoisotopic (exact) mass is 310 g/mol. The van der Waals surface area contributed by atoms with Gasteiger partial charge < -0.3 is 14.8 Å². The Morgan fingerprint density at radius 1 is 1.38 bits per heavy atom. The van der Waals surface area contributed by atoms with Crippen molar-refractivity contribution in [1.82, 2.24) is 10.2 Å². The second-order valence-electron chi connectivity index (χ2n) is 6.00. The summed E-state index contributed by atoms with van der Waals surface area (Å²) in [4.78, 5) is 4.04. The Labute approximate surface area is 131 Å². The fraction of sp³-hybridized carbons (Fsp3) is 0.750. The molecule has 0 saturated carbocycles. The van der Waals surface area contributed by atoms with E-state index in [1.165, 1.54) is 4.88 Å². The molecular weight excluding hydrogens is 284 g/mol. The van der Waals surface area contributed by atoms with Gasteiger partial charge in [-0.2, -0.15) is 0 Å². The first-order valence-corrected chi connectivity index (χ1v) is 8.91. The molecule has 2 saturated heterocycles. The van der Waals surface area contributed by atoms with Gasteiger partial charge in [0.25, 0.3) is 0 Å². The molecule has 0 aromatic carbocycles. The van der Waals surface area contributed by atoms with Gasteiger partial charge in [-0.1, -0.05) is 6.07 Å². The van der Waals surface area contributed by atoms with Crippen molar-refractivity contribution in [1.29, 1.82) is 0 Å². The molecule has 3 heterocycles. The molecule has 1 N–H and O–H groups in total. The lowest BCUT2D eigenvalue weighted by atomic mass is 10.1. The largest absolute Gasteiger partial charge is 0.381 e. The Hall–Kier alpha value is -0.460. The number of ether oxygens (including phenoxy) is 2. The van der Waals surface area contributed by atoms with Crippen LogP contribution in [0, 0.1) is 0 Å². The third kappa shape index (κ3) is 4.27. The van der Waals surface area contributed by atoms with Crippen LogP contribution in [-0.2, 0) is 9.47 Å². The summed E-state index contributed by atoms with van der Waals surface area (Å²) in [5.74, 6) is 0. The summed E-state index contributed by atoms with van der Waals surface area (Å²) in [6.45, 7) is 7.90. The SMILES string of the molecule is C[C@H]1CN([C@H](CNC2CCOCC2)c2cccs2)CCO1. The van der Waals surface area contributed by atoms with Crippen LogP contribution in [0.25, 0.3) is 0 Å². The van der Waals surface area contributed by atoms with Crippen molar-refractivity contribution >= 4 is 11.3 Å². The molecule has 21 heavy (non-hydrogen) atoms. The highest BCUT2D eigenvalue weighted by Gasteiger charge is 2.27. The highest BCUT2D eigenvalue weighted by Crippen LogP contribution is 2.26. The minimum atomic E-state index is 0.337. The number of rotatable bonds is 5. The zero-order chi connectivity index (χ0) is 14.5. The van der Waals surface area contributed by atoms with E-state index in [1.807, 2.05) is 11.3 Å². The predicted molar refractivity (Wildman–Crippen MR) is 85.9 cm³/mol. The van der Waals surface area contributed by atoms with E-state index in [9.17, 15) is 0 Å². The lowest BCUT2D eigenvalue weighted by Crippen LogP contribution is -2.47. The van der Waals surface area contributed by atoms with Crippen LogP contribution in [0.5, 0.6) is 0 Å². The van der Waals surface area contributed by atoms with Gasteiger partial charge in [-0.05, 0) is 31.2 Å². The van der Waals surface area contributed by atoms with Gasteiger partial charge >= 0.3 is 0 Å². The lowest BCUT2D eigenvalue weighted by molar-refractivity contribution is -0.0347. The minimum Gasteiger partial charge on any atom is -0.381 e. The molecule has 5 heteroatoms.